The Bertz CT molecular complexity index is 2150. The van der Waals surface area contributed by atoms with Crippen molar-refractivity contribution in [3.05, 3.63) is 139 Å². The number of carbonyl (C=O) groups excluding carboxylic acids is 2. The number of halogens is 6. The molecule has 47 heavy (non-hydrogen) atoms. The summed E-state index contributed by atoms with van der Waals surface area (Å²) in [6.07, 6.45) is -3.49. The standard InChI is InChI=1S/C34H23ClF5N3O4/c1-42-10-9-23-24(32(42)45)15-27(41-31(44)18-11-19(34(38,39)40)13-21(37)12-18)29-28(23)33(46)43(16-17-3-6-22(47-2)7-4-17)30(29)25-14-20(36)5-8-26(25)35/h3-15,30H,16H2,1-2H3,(H,41,44). The highest BCUT2D eigenvalue weighted by atomic mass is 35.5. The molecule has 1 atom stereocenters. The first-order chi connectivity index (χ1) is 22.3. The van der Waals surface area contributed by atoms with E-state index in [0.717, 1.165) is 12.1 Å². The summed E-state index contributed by atoms with van der Waals surface area (Å²) in [6.45, 7) is -0.0341. The van der Waals surface area contributed by atoms with E-state index in [-0.39, 0.29) is 50.8 Å². The van der Waals surface area contributed by atoms with Gasteiger partial charge in [-0.3, -0.25) is 14.4 Å². The summed E-state index contributed by atoms with van der Waals surface area (Å²) in [5, 5.41) is 2.83. The quantitative estimate of drug-likeness (QED) is 0.190. The first-order valence-corrected chi connectivity index (χ1v) is 14.4. The third-order valence-corrected chi connectivity index (χ3v) is 8.33. The third-order valence-electron chi connectivity index (χ3n) is 7.98. The minimum Gasteiger partial charge on any atom is -0.497 e. The number of fused-ring (bicyclic) bond motifs is 3. The van der Waals surface area contributed by atoms with Crippen molar-refractivity contribution >= 4 is 39.9 Å². The minimum absolute atomic E-state index is 0.00422. The molecule has 1 unspecified atom stereocenters. The topological polar surface area (TPSA) is 80.6 Å². The highest BCUT2D eigenvalue weighted by Gasteiger charge is 2.43. The largest absolute Gasteiger partial charge is 0.497 e. The number of alkyl halides is 3. The van der Waals surface area contributed by atoms with Gasteiger partial charge in [-0.2, -0.15) is 13.2 Å². The summed E-state index contributed by atoms with van der Waals surface area (Å²) in [5.74, 6) is -3.13. The Kier molecular flexibility index (Phi) is 8.00. The fourth-order valence-electron chi connectivity index (χ4n) is 5.76. The van der Waals surface area contributed by atoms with E-state index in [1.54, 1.807) is 30.3 Å². The van der Waals surface area contributed by atoms with E-state index in [0.29, 0.717) is 23.4 Å². The molecule has 1 aliphatic rings. The van der Waals surface area contributed by atoms with Gasteiger partial charge in [-0.15, -0.1) is 0 Å². The molecule has 5 aromatic rings. The Morgan fingerprint density at radius 2 is 1.66 bits per heavy atom. The average Bonchev–Trinajstić information content (AvgIpc) is 3.31. The SMILES string of the molecule is COc1ccc(CN2C(=O)c3c(c(NC(=O)c4cc(F)cc(C(F)(F)F)c4)cc4c(=O)n(C)ccc34)C2c2cc(F)ccc2Cl)cc1. The Morgan fingerprint density at radius 1 is 0.936 bits per heavy atom. The fourth-order valence-corrected chi connectivity index (χ4v) is 5.98. The van der Waals surface area contributed by atoms with E-state index < -0.39 is 52.4 Å². The number of methoxy groups -OCH3 is 1. The second kappa shape index (κ2) is 11.8. The molecule has 1 aliphatic heterocycles. The van der Waals surface area contributed by atoms with Gasteiger partial charge in [0.15, 0.2) is 0 Å². The highest BCUT2D eigenvalue weighted by Crippen LogP contribution is 2.48. The second-order valence-corrected chi connectivity index (χ2v) is 11.3. The van der Waals surface area contributed by atoms with E-state index in [9.17, 15) is 36.3 Å². The van der Waals surface area contributed by atoms with Crippen molar-refractivity contribution in [1.82, 2.24) is 9.47 Å². The van der Waals surface area contributed by atoms with Crippen LogP contribution in [0.25, 0.3) is 10.8 Å². The van der Waals surface area contributed by atoms with Crippen LogP contribution in [0.5, 0.6) is 5.75 Å². The average molecular weight is 668 g/mol. The van der Waals surface area contributed by atoms with Crippen LogP contribution in [-0.4, -0.2) is 28.4 Å². The number of benzene rings is 4. The number of hydrogen-bond acceptors (Lipinski definition) is 4. The number of anilines is 1. The van der Waals surface area contributed by atoms with Crippen molar-refractivity contribution in [2.45, 2.75) is 18.8 Å². The van der Waals surface area contributed by atoms with Crippen molar-refractivity contribution < 1.29 is 36.3 Å². The van der Waals surface area contributed by atoms with Gasteiger partial charge < -0.3 is 19.5 Å². The lowest BCUT2D eigenvalue weighted by atomic mass is 9.92. The molecule has 13 heteroatoms. The Labute approximate surface area is 268 Å². The normalized spacial score (nSPS) is 14.4. The molecule has 1 aromatic heterocycles. The Balaban J connectivity index is 1.59. The van der Waals surface area contributed by atoms with Crippen LogP contribution in [0.1, 0.15) is 49.0 Å². The maximum Gasteiger partial charge on any atom is 0.416 e. The fraction of sp³-hybridized carbons (Fsp3) is 0.147. The summed E-state index contributed by atoms with van der Waals surface area (Å²) in [4.78, 5) is 42.6. The van der Waals surface area contributed by atoms with Crippen LogP contribution < -0.4 is 15.6 Å². The molecule has 2 heterocycles. The smallest absolute Gasteiger partial charge is 0.416 e. The van der Waals surface area contributed by atoms with Crippen LogP contribution in [0.15, 0.2) is 83.8 Å². The zero-order valence-electron chi connectivity index (χ0n) is 24.6. The van der Waals surface area contributed by atoms with Crippen molar-refractivity contribution in [3.63, 3.8) is 0 Å². The number of pyridine rings is 1. The van der Waals surface area contributed by atoms with Gasteiger partial charge in [0.25, 0.3) is 17.4 Å². The predicted octanol–water partition coefficient (Wildman–Crippen LogP) is 7.50. The molecule has 0 bridgehead atoms. The van der Waals surface area contributed by atoms with E-state index in [1.165, 1.54) is 42.0 Å². The molecule has 0 aliphatic carbocycles. The molecule has 7 nitrogen and oxygen atoms in total. The number of ether oxygens (including phenoxy) is 1. The van der Waals surface area contributed by atoms with E-state index in [4.69, 9.17) is 16.3 Å². The molecule has 1 N–H and O–H groups in total. The van der Waals surface area contributed by atoms with Gasteiger partial charge in [0.05, 0.1) is 29.7 Å². The van der Waals surface area contributed by atoms with Crippen molar-refractivity contribution in [2.75, 3.05) is 12.4 Å². The summed E-state index contributed by atoms with van der Waals surface area (Å²) >= 11 is 6.58. The number of carbonyl (C=O) groups is 2. The number of amides is 2. The molecule has 240 valence electrons. The molecule has 0 spiro atoms. The van der Waals surface area contributed by atoms with Gasteiger partial charge in [-0.05, 0) is 66.2 Å². The molecular formula is C34H23ClF5N3O4. The van der Waals surface area contributed by atoms with Crippen LogP contribution in [0.4, 0.5) is 27.6 Å². The molecule has 0 radical (unpaired) electrons. The van der Waals surface area contributed by atoms with Crippen LogP contribution in [0, 0.1) is 11.6 Å². The molecule has 0 saturated heterocycles. The van der Waals surface area contributed by atoms with Gasteiger partial charge in [0, 0.05) is 52.6 Å². The number of hydrogen-bond donors (Lipinski definition) is 1. The van der Waals surface area contributed by atoms with E-state index in [2.05, 4.69) is 5.32 Å². The van der Waals surface area contributed by atoms with E-state index in [1.807, 2.05) is 0 Å². The zero-order chi connectivity index (χ0) is 33.8. The van der Waals surface area contributed by atoms with Crippen molar-refractivity contribution in [3.8, 4) is 5.75 Å². The summed E-state index contributed by atoms with van der Waals surface area (Å²) < 4.78 is 75.9. The Hall–Kier alpha value is -5.23. The predicted molar refractivity (Wildman–Crippen MR) is 165 cm³/mol. The number of aryl methyl sites for hydroxylation is 1. The Morgan fingerprint density at radius 3 is 2.34 bits per heavy atom. The van der Waals surface area contributed by atoms with Gasteiger partial charge in [0.1, 0.15) is 17.4 Å². The molecule has 6 rings (SSSR count). The van der Waals surface area contributed by atoms with Crippen LogP contribution in [0.3, 0.4) is 0 Å². The van der Waals surface area contributed by atoms with Gasteiger partial charge in [0.2, 0.25) is 0 Å². The lowest BCUT2D eigenvalue weighted by molar-refractivity contribution is -0.137. The number of aromatic nitrogens is 1. The number of nitrogens with one attached hydrogen (secondary N) is 1. The number of nitrogens with zero attached hydrogens (tertiary/aromatic N) is 2. The van der Waals surface area contributed by atoms with Crippen LogP contribution in [-0.2, 0) is 19.8 Å². The minimum atomic E-state index is -4.94. The van der Waals surface area contributed by atoms with Crippen molar-refractivity contribution in [1.29, 1.82) is 0 Å². The summed E-state index contributed by atoms with van der Waals surface area (Å²) in [6, 6.07) is 13.5. The molecule has 0 fully saturated rings. The van der Waals surface area contributed by atoms with Crippen molar-refractivity contribution in [2.24, 2.45) is 7.05 Å². The highest BCUT2D eigenvalue weighted by molar-refractivity contribution is 6.31. The lowest BCUT2D eigenvalue weighted by Gasteiger charge is -2.28. The van der Waals surface area contributed by atoms with E-state index >= 15 is 0 Å². The number of rotatable bonds is 6. The first-order valence-electron chi connectivity index (χ1n) is 14.0. The lowest BCUT2D eigenvalue weighted by Crippen LogP contribution is -2.29. The van der Waals surface area contributed by atoms with Crippen LogP contribution in [0.2, 0.25) is 5.02 Å². The molecule has 2 amide bonds. The summed E-state index contributed by atoms with van der Waals surface area (Å²) in [5.41, 5.74) is -1.78. The zero-order valence-corrected chi connectivity index (χ0v) is 25.3. The van der Waals surface area contributed by atoms with Gasteiger partial charge in [-0.1, -0.05) is 23.7 Å². The molecule has 4 aromatic carbocycles. The maximum absolute atomic E-state index is 14.7. The third kappa shape index (κ3) is 5.80. The molecule has 0 saturated carbocycles. The van der Waals surface area contributed by atoms with Gasteiger partial charge >= 0.3 is 6.18 Å². The van der Waals surface area contributed by atoms with Gasteiger partial charge in [-0.25, -0.2) is 8.78 Å². The maximum atomic E-state index is 14.7. The second-order valence-electron chi connectivity index (χ2n) is 10.9. The monoisotopic (exact) mass is 667 g/mol. The first kappa shape index (κ1) is 31.7. The van der Waals surface area contributed by atoms with Crippen LogP contribution >= 0.6 is 11.6 Å². The summed E-state index contributed by atoms with van der Waals surface area (Å²) in [7, 11) is 2.97. The molecular weight excluding hydrogens is 645 g/mol.